The normalized spacial score (nSPS) is 10.5. The molecule has 1 atom stereocenters. The van der Waals surface area contributed by atoms with Crippen LogP contribution in [-0.4, -0.2) is 0 Å². The maximum absolute atomic E-state index is 11.1. The molecule has 0 aliphatic heterocycles. The standard InChI is InChI=1S/C12H10OP2/c13-15-12-10(7-4-8-11(12)14)9-5-2-1-3-6-9/h1-8H,14H2. The maximum atomic E-state index is 11.1. The lowest BCUT2D eigenvalue weighted by molar-refractivity contribution is 0.603. The van der Waals surface area contributed by atoms with Gasteiger partial charge in [0.25, 0.3) is 0 Å². The Bertz CT molecular complexity index is 480. The summed E-state index contributed by atoms with van der Waals surface area (Å²) < 4.78 is 11.1. The third-order valence-corrected chi connectivity index (χ3v) is 3.65. The first-order chi connectivity index (χ1) is 7.33. The summed E-state index contributed by atoms with van der Waals surface area (Å²) in [6.07, 6.45) is 0. The summed E-state index contributed by atoms with van der Waals surface area (Å²) >= 11 is 0. The van der Waals surface area contributed by atoms with Crippen molar-refractivity contribution in [1.29, 1.82) is 0 Å². The van der Waals surface area contributed by atoms with Crippen LogP contribution in [0, 0.1) is 0 Å². The Morgan fingerprint density at radius 1 is 0.933 bits per heavy atom. The first-order valence-electron chi connectivity index (χ1n) is 4.60. The Labute approximate surface area is 92.9 Å². The van der Waals surface area contributed by atoms with Gasteiger partial charge in [-0.25, -0.2) is 0 Å². The van der Waals surface area contributed by atoms with Crippen LogP contribution >= 0.6 is 17.7 Å². The van der Waals surface area contributed by atoms with Gasteiger partial charge >= 0.3 is 0 Å². The van der Waals surface area contributed by atoms with Crippen LogP contribution in [-0.2, 0) is 4.57 Å². The van der Waals surface area contributed by atoms with Crippen molar-refractivity contribution >= 4 is 28.3 Å². The third kappa shape index (κ3) is 2.15. The van der Waals surface area contributed by atoms with Crippen molar-refractivity contribution in [2.45, 2.75) is 0 Å². The highest BCUT2D eigenvalue weighted by Gasteiger charge is 2.06. The molecular weight excluding hydrogens is 222 g/mol. The molecule has 15 heavy (non-hydrogen) atoms. The molecule has 0 spiro atoms. The van der Waals surface area contributed by atoms with Crippen LogP contribution in [0.3, 0.4) is 0 Å². The lowest BCUT2D eigenvalue weighted by Crippen LogP contribution is -2.13. The second-order valence-electron chi connectivity index (χ2n) is 3.20. The molecule has 0 saturated carbocycles. The second kappa shape index (κ2) is 4.66. The molecule has 3 heteroatoms. The van der Waals surface area contributed by atoms with Crippen molar-refractivity contribution in [3.8, 4) is 11.1 Å². The highest BCUT2D eigenvalue weighted by atomic mass is 31.1. The van der Waals surface area contributed by atoms with E-state index in [9.17, 15) is 4.57 Å². The first-order valence-corrected chi connectivity index (χ1v) is 5.99. The SMILES string of the molecule is O=Pc1c(P)cccc1-c1ccccc1. The van der Waals surface area contributed by atoms with E-state index in [-0.39, 0.29) is 8.46 Å². The van der Waals surface area contributed by atoms with E-state index in [2.05, 4.69) is 9.24 Å². The predicted molar refractivity (Wildman–Crippen MR) is 68.5 cm³/mol. The Morgan fingerprint density at radius 2 is 1.67 bits per heavy atom. The van der Waals surface area contributed by atoms with Crippen molar-refractivity contribution in [1.82, 2.24) is 0 Å². The summed E-state index contributed by atoms with van der Waals surface area (Å²) in [6.45, 7) is 0. The lowest BCUT2D eigenvalue weighted by Gasteiger charge is -2.06. The molecule has 0 aliphatic carbocycles. The molecule has 0 saturated heterocycles. The zero-order valence-electron chi connectivity index (χ0n) is 8.05. The van der Waals surface area contributed by atoms with Gasteiger partial charge in [0.05, 0.1) is 5.30 Å². The number of benzene rings is 2. The Kier molecular flexibility index (Phi) is 3.26. The largest absolute Gasteiger partial charge is 0.269 e. The lowest BCUT2D eigenvalue weighted by atomic mass is 10.1. The first kappa shape index (κ1) is 10.5. The van der Waals surface area contributed by atoms with Crippen LogP contribution < -0.4 is 10.6 Å². The summed E-state index contributed by atoms with van der Waals surface area (Å²) in [5.41, 5.74) is 2.12. The molecular formula is C12H10OP2. The van der Waals surface area contributed by atoms with Gasteiger partial charge in [0, 0.05) is 0 Å². The second-order valence-corrected chi connectivity index (χ2v) is 4.45. The fourth-order valence-electron chi connectivity index (χ4n) is 1.51. The fourth-order valence-corrected chi connectivity index (χ4v) is 2.42. The van der Waals surface area contributed by atoms with E-state index in [1.54, 1.807) is 0 Å². The quantitative estimate of drug-likeness (QED) is 0.727. The Morgan fingerprint density at radius 3 is 2.33 bits per heavy atom. The summed E-state index contributed by atoms with van der Waals surface area (Å²) in [6, 6.07) is 15.9. The molecule has 0 fully saturated rings. The van der Waals surface area contributed by atoms with Gasteiger partial charge < -0.3 is 0 Å². The molecule has 1 unspecified atom stereocenters. The summed E-state index contributed by atoms with van der Waals surface area (Å²) in [5, 5.41) is 1.82. The van der Waals surface area contributed by atoms with E-state index in [0.717, 1.165) is 21.7 Å². The van der Waals surface area contributed by atoms with E-state index in [1.165, 1.54) is 0 Å². The minimum Gasteiger partial charge on any atom is -0.269 e. The van der Waals surface area contributed by atoms with Crippen molar-refractivity contribution in [2.75, 3.05) is 0 Å². The fraction of sp³-hybridized carbons (Fsp3) is 0. The predicted octanol–water partition coefficient (Wildman–Crippen LogP) is 2.77. The zero-order chi connectivity index (χ0) is 10.7. The molecule has 0 aromatic heterocycles. The minimum absolute atomic E-state index is 0.0642. The van der Waals surface area contributed by atoms with Crippen molar-refractivity contribution in [3.05, 3.63) is 48.5 Å². The van der Waals surface area contributed by atoms with Gasteiger partial charge in [-0.2, -0.15) is 0 Å². The number of hydrogen-bond acceptors (Lipinski definition) is 1. The molecule has 0 aliphatic rings. The zero-order valence-corrected chi connectivity index (χ0v) is 10.1. The molecule has 2 aromatic carbocycles. The van der Waals surface area contributed by atoms with Crippen molar-refractivity contribution in [3.63, 3.8) is 0 Å². The molecule has 0 bridgehead atoms. The third-order valence-electron chi connectivity index (χ3n) is 2.24. The maximum Gasteiger partial charge on any atom is 0.193 e. The summed E-state index contributed by atoms with van der Waals surface area (Å²) in [4.78, 5) is 0. The van der Waals surface area contributed by atoms with Gasteiger partial charge in [-0.1, -0.05) is 48.5 Å². The molecule has 2 rings (SSSR count). The van der Waals surface area contributed by atoms with Gasteiger partial charge in [-0.3, -0.25) is 4.57 Å². The molecule has 0 N–H and O–H groups in total. The van der Waals surface area contributed by atoms with E-state index in [0.29, 0.717) is 0 Å². The molecule has 74 valence electrons. The van der Waals surface area contributed by atoms with E-state index in [4.69, 9.17) is 0 Å². The van der Waals surface area contributed by atoms with Crippen LogP contribution in [0.5, 0.6) is 0 Å². The topological polar surface area (TPSA) is 17.1 Å². The van der Waals surface area contributed by atoms with E-state index in [1.807, 2.05) is 48.5 Å². The Hall–Kier alpha value is -1.03. The highest BCUT2D eigenvalue weighted by Crippen LogP contribution is 2.19. The summed E-state index contributed by atoms with van der Waals surface area (Å²) in [7, 11) is 2.67. The van der Waals surface area contributed by atoms with Crippen molar-refractivity contribution in [2.24, 2.45) is 0 Å². The van der Waals surface area contributed by atoms with Crippen LogP contribution in [0.15, 0.2) is 48.5 Å². The van der Waals surface area contributed by atoms with Gasteiger partial charge in [0.2, 0.25) is 0 Å². The number of hydrogen-bond donors (Lipinski definition) is 0. The summed E-state index contributed by atoms with van der Waals surface area (Å²) in [5.74, 6) is 0. The van der Waals surface area contributed by atoms with Crippen LogP contribution in [0.25, 0.3) is 11.1 Å². The monoisotopic (exact) mass is 232 g/mol. The minimum atomic E-state index is 0.0642. The molecule has 0 amide bonds. The average molecular weight is 232 g/mol. The van der Waals surface area contributed by atoms with Gasteiger partial charge in [-0.15, -0.1) is 9.24 Å². The van der Waals surface area contributed by atoms with Crippen LogP contribution in [0.2, 0.25) is 0 Å². The molecule has 2 aromatic rings. The molecule has 0 heterocycles. The smallest absolute Gasteiger partial charge is 0.193 e. The van der Waals surface area contributed by atoms with Gasteiger partial charge in [-0.05, 0) is 16.4 Å². The molecule has 0 radical (unpaired) electrons. The number of rotatable bonds is 2. The highest BCUT2D eigenvalue weighted by molar-refractivity contribution is 7.40. The van der Waals surface area contributed by atoms with Crippen LogP contribution in [0.1, 0.15) is 0 Å². The van der Waals surface area contributed by atoms with Crippen LogP contribution in [0.4, 0.5) is 0 Å². The van der Waals surface area contributed by atoms with Crippen molar-refractivity contribution < 1.29 is 4.57 Å². The Balaban J connectivity index is 2.63. The van der Waals surface area contributed by atoms with E-state index >= 15 is 0 Å². The van der Waals surface area contributed by atoms with Gasteiger partial charge in [0.1, 0.15) is 0 Å². The van der Waals surface area contributed by atoms with E-state index < -0.39 is 0 Å². The average Bonchev–Trinajstić information content (AvgIpc) is 2.30. The van der Waals surface area contributed by atoms with Gasteiger partial charge in [0.15, 0.2) is 8.46 Å². The molecule has 1 nitrogen and oxygen atoms in total.